The minimum Gasteiger partial charge on any atom is -0.444 e. The van der Waals surface area contributed by atoms with Crippen LogP contribution in [0.2, 0.25) is 0 Å². The summed E-state index contributed by atoms with van der Waals surface area (Å²) in [7, 11) is 0. The number of amides is 2. The molecule has 0 aliphatic carbocycles. The van der Waals surface area contributed by atoms with Crippen molar-refractivity contribution < 1.29 is 14.3 Å². The third kappa shape index (κ3) is 7.31. The number of piperazine rings is 1. The Balaban J connectivity index is 2.31. The van der Waals surface area contributed by atoms with Crippen LogP contribution in [0.3, 0.4) is 0 Å². The first-order valence-corrected chi connectivity index (χ1v) is 8.58. The lowest BCUT2D eigenvalue weighted by Gasteiger charge is -2.36. The van der Waals surface area contributed by atoms with Gasteiger partial charge in [-0.1, -0.05) is 6.08 Å². The molecule has 1 aliphatic heterocycles. The highest BCUT2D eigenvalue weighted by Crippen LogP contribution is 2.12. The van der Waals surface area contributed by atoms with Crippen molar-refractivity contribution in [1.82, 2.24) is 15.1 Å². The van der Waals surface area contributed by atoms with Gasteiger partial charge in [-0.15, -0.1) is 6.58 Å². The second-order valence-electron chi connectivity index (χ2n) is 7.03. The van der Waals surface area contributed by atoms with E-state index in [1.807, 2.05) is 20.8 Å². The van der Waals surface area contributed by atoms with Crippen LogP contribution in [-0.4, -0.2) is 72.7 Å². The van der Waals surface area contributed by atoms with Crippen molar-refractivity contribution in [1.29, 1.82) is 0 Å². The lowest BCUT2D eigenvalue weighted by molar-refractivity contribution is -0.134. The summed E-state index contributed by atoms with van der Waals surface area (Å²) in [5.41, 5.74) is 5.49. The highest BCUT2D eigenvalue weighted by atomic mass is 16.6. The number of carbonyl (C=O) groups is 2. The molecule has 1 heterocycles. The average molecular weight is 340 g/mol. The molecule has 2 amide bonds. The van der Waals surface area contributed by atoms with Gasteiger partial charge in [-0.2, -0.15) is 0 Å². The highest BCUT2D eigenvalue weighted by Gasteiger charge is 2.29. The molecule has 0 aromatic heterocycles. The van der Waals surface area contributed by atoms with Crippen LogP contribution in [0, 0.1) is 0 Å². The molecule has 0 aromatic carbocycles. The van der Waals surface area contributed by atoms with Crippen LogP contribution in [-0.2, 0) is 9.53 Å². The van der Waals surface area contributed by atoms with Crippen molar-refractivity contribution in [2.45, 2.75) is 45.3 Å². The van der Waals surface area contributed by atoms with Crippen molar-refractivity contribution in [3.8, 4) is 0 Å². The van der Waals surface area contributed by atoms with Crippen LogP contribution in [0.1, 0.15) is 33.6 Å². The van der Waals surface area contributed by atoms with E-state index in [1.165, 1.54) is 0 Å². The number of nitrogens with one attached hydrogen (secondary N) is 1. The predicted octanol–water partition coefficient (Wildman–Crippen LogP) is 0.949. The Hall–Kier alpha value is -1.60. The Labute approximate surface area is 145 Å². The quantitative estimate of drug-likeness (QED) is 0.532. The maximum absolute atomic E-state index is 12.4. The Morgan fingerprint density at radius 3 is 2.38 bits per heavy atom. The normalized spacial score (nSPS) is 16.7. The molecule has 0 unspecified atom stereocenters. The zero-order valence-corrected chi connectivity index (χ0v) is 15.2. The van der Waals surface area contributed by atoms with Crippen LogP contribution in [0.15, 0.2) is 12.7 Å². The third-order valence-corrected chi connectivity index (χ3v) is 3.72. The molecule has 1 saturated heterocycles. The molecular weight excluding hydrogens is 308 g/mol. The lowest BCUT2D eigenvalue weighted by atomic mass is 10.1. The first-order valence-electron chi connectivity index (χ1n) is 8.58. The number of nitrogens with two attached hydrogens (primary N) is 1. The minimum absolute atomic E-state index is 0.0393. The molecule has 1 fully saturated rings. The van der Waals surface area contributed by atoms with E-state index in [0.29, 0.717) is 32.6 Å². The smallest absolute Gasteiger partial charge is 0.410 e. The zero-order valence-electron chi connectivity index (χ0n) is 15.2. The summed E-state index contributed by atoms with van der Waals surface area (Å²) in [6.45, 7) is 12.7. The van der Waals surface area contributed by atoms with E-state index >= 15 is 0 Å². The molecule has 0 radical (unpaired) electrons. The average Bonchev–Trinajstić information content (AvgIpc) is 2.52. The van der Waals surface area contributed by atoms with E-state index in [1.54, 1.807) is 15.9 Å². The molecular formula is C17H32N4O3. The van der Waals surface area contributed by atoms with Gasteiger partial charge in [-0.25, -0.2) is 4.79 Å². The van der Waals surface area contributed by atoms with Crippen LogP contribution >= 0.6 is 0 Å². The molecule has 3 N–H and O–H groups in total. The van der Waals surface area contributed by atoms with Crippen LogP contribution in [0.5, 0.6) is 0 Å². The van der Waals surface area contributed by atoms with Gasteiger partial charge in [0.15, 0.2) is 0 Å². The maximum atomic E-state index is 12.4. The summed E-state index contributed by atoms with van der Waals surface area (Å²) >= 11 is 0. The van der Waals surface area contributed by atoms with E-state index < -0.39 is 11.6 Å². The van der Waals surface area contributed by atoms with Gasteiger partial charge in [-0.3, -0.25) is 4.79 Å². The molecule has 1 aliphatic rings. The van der Waals surface area contributed by atoms with E-state index in [-0.39, 0.29) is 12.0 Å². The summed E-state index contributed by atoms with van der Waals surface area (Å²) in [6, 6.07) is -0.483. The fourth-order valence-electron chi connectivity index (χ4n) is 2.44. The molecule has 0 bridgehead atoms. The Morgan fingerprint density at radius 2 is 1.83 bits per heavy atom. The second-order valence-corrected chi connectivity index (χ2v) is 7.03. The summed E-state index contributed by atoms with van der Waals surface area (Å²) in [5, 5.41) is 3.19. The monoisotopic (exact) mass is 340 g/mol. The fourth-order valence-corrected chi connectivity index (χ4v) is 2.44. The van der Waals surface area contributed by atoms with E-state index in [0.717, 1.165) is 19.5 Å². The number of nitrogens with zero attached hydrogens (tertiary/aromatic N) is 2. The second kappa shape index (κ2) is 9.64. The molecule has 0 spiro atoms. The first kappa shape index (κ1) is 20.4. The van der Waals surface area contributed by atoms with Gasteiger partial charge < -0.3 is 25.6 Å². The Bertz CT molecular complexity index is 426. The SMILES string of the molecule is C=CCNCCC[C@H](N)C(=O)N1CCN(C(=O)OC(C)(C)C)CC1. The standard InChI is InChI=1S/C17H32N4O3/c1-5-8-19-9-6-7-14(18)15(22)20-10-12-21(13-11-20)16(23)24-17(2,3)4/h5,14,19H,1,6-13,18H2,2-4H3/t14-/m0/s1. The summed E-state index contributed by atoms with van der Waals surface area (Å²) < 4.78 is 5.35. The van der Waals surface area contributed by atoms with E-state index in [4.69, 9.17) is 10.5 Å². The lowest BCUT2D eigenvalue weighted by Crippen LogP contribution is -2.55. The van der Waals surface area contributed by atoms with Crippen LogP contribution in [0.4, 0.5) is 4.79 Å². The minimum atomic E-state index is -0.508. The van der Waals surface area contributed by atoms with Gasteiger partial charge in [0.2, 0.25) is 5.91 Å². The van der Waals surface area contributed by atoms with E-state index in [9.17, 15) is 9.59 Å². The topological polar surface area (TPSA) is 87.9 Å². The van der Waals surface area contributed by atoms with Gasteiger partial charge >= 0.3 is 6.09 Å². The summed E-state index contributed by atoms with van der Waals surface area (Å²) in [4.78, 5) is 27.7. The Kier molecular flexibility index (Phi) is 8.21. The zero-order chi connectivity index (χ0) is 18.2. The molecule has 0 saturated carbocycles. The van der Waals surface area contributed by atoms with Crippen molar-refractivity contribution in [2.24, 2.45) is 5.73 Å². The number of ether oxygens (including phenoxy) is 1. The third-order valence-electron chi connectivity index (χ3n) is 3.72. The molecule has 138 valence electrons. The van der Waals surface area contributed by atoms with Gasteiger partial charge in [0.1, 0.15) is 5.60 Å². The van der Waals surface area contributed by atoms with Gasteiger partial charge in [0, 0.05) is 32.7 Å². The summed E-state index contributed by atoms with van der Waals surface area (Å²) in [6.07, 6.45) is 2.97. The highest BCUT2D eigenvalue weighted by molar-refractivity contribution is 5.82. The summed E-state index contributed by atoms with van der Waals surface area (Å²) in [5.74, 6) is -0.0393. The van der Waals surface area contributed by atoms with E-state index in [2.05, 4.69) is 11.9 Å². The largest absolute Gasteiger partial charge is 0.444 e. The van der Waals surface area contributed by atoms with Crippen molar-refractivity contribution >= 4 is 12.0 Å². The van der Waals surface area contributed by atoms with Crippen molar-refractivity contribution in [3.05, 3.63) is 12.7 Å². The molecule has 24 heavy (non-hydrogen) atoms. The fraction of sp³-hybridized carbons (Fsp3) is 0.765. The van der Waals surface area contributed by atoms with Gasteiger partial charge in [0.25, 0.3) is 0 Å². The molecule has 1 atom stereocenters. The Morgan fingerprint density at radius 1 is 1.25 bits per heavy atom. The van der Waals surface area contributed by atoms with Gasteiger partial charge in [-0.05, 0) is 40.2 Å². The number of rotatable bonds is 7. The number of carbonyl (C=O) groups excluding carboxylic acids is 2. The maximum Gasteiger partial charge on any atom is 0.410 e. The first-order chi connectivity index (χ1) is 11.2. The number of hydrogen-bond donors (Lipinski definition) is 2. The molecule has 0 aromatic rings. The van der Waals surface area contributed by atoms with Crippen molar-refractivity contribution in [3.63, 3.8) is 0 Å². The number of hydrogen-bond acceptors (Lipinski definition) is 5. The van der Waals surface area contributed by atoms with Crippen LogP contribution in [0.25, 0.3) is 0 Å². The van der Waals surface area contributed by atoms with Crippen LogP contribution < -0.4 is 11.1 Å². The molecule has 1 rings (SSSR count). The predicted molar refractivity (Wildman–Crippen MR) is 94.7 cm³/mol. The molecule has 7 nitrogen and oxygen atoms in total. The van der Waals surface area contributed by atoms with Gasteiger partial charge in [0.05, 0.1) is 6.04 Å². The molecule has 7 heteroatoms. The van der Waals surface area contributed by atoms with Crippen molar-refractivity contribution in [2.75, 3.05) is 39.3 Å².